The molecule has 0 radical (unpaired) electrons. The van der Waals surface area contributed by atoms with Crippen molar-refractivity contribution < 1.29 is 26.4 Å². The van der Waals surface area contributed by atoms with E-state index < -0.39 is 21.8 Å². The van der Waals surface area contributed by atoms with Gasteiger partial charge in [0.15, 0.2) is 0 Å². The highest BCUT2D eigenvalue weighted by molar-refractivity contribution is 7.91. The summed E-state index contributed by atoms with van der Waals surface area (Å²) in [4.78, 5) is 13.0. The van der Waals surface area contributed by atoms with Gasteiger partial charge in [0.1, 0.15) is 4.21 Å². The van der Waals surface area contributed by atoms with Crippen molar-refractivity contribution in [1.29, 1.82) is 0 Å². The van der Waals surface area contributed by atoms with Crippen molar-refractivity contribution in [3.05, 3.63) is 87.3 Å². The molecule has 0 saturated carbocycles. The highest BCUT2D eigenvalue weighted by Crippen LogP contribution is 2.30. The predicted octanol–water partition coefficient (Wildman–Crippen LogP) is 5.15. The monoisotopic (exact) mass is 571 g/mol. The topological polar surface area (TPSA) is 78.5 Å². The minimum absolute atomic E-state index is 0.0994. The van der Waals surface area contributed by atoms with Crippen LogP contribution in [0.2, 0.25) is 5.02 Å². The molecule has 1 atom stereocenters. The van der Waals surface area contributed by atoms with Crippen molar-refractivity contribution >= 4 is 38.9 Å². The number of hydrogen-bond acceptors (Lipinski definition) is 5. The molecule has 6 nitrogen and oxygen atoms in total. The fraction of sp³-hybridized carbons (Fsp3) is 0.320. The number of benzene rings is 2. The molecule has 0 spiro atoms. The molecule has 2 N–H and O–H groups in total. The van der Waals surface area contributed by atoms with Gasteiger partial charge in [-0.3, -0.25) is 4.79 Å². The van der Waals surface area contributed by atoms with E-state index in [1.165, 1.54) is 16.4 Å². The lowest BCUT2D eigenvalue weighted by atomic mass is 10.1. The van der Waals surface area contributed by atoms with Crippen LogP contribution in [0.25, 0.3) is 0 Å². The van der Waals surface area contributed by atoms with Gasteiger partial charge in [-0.15, -0.1) is 11.3 Å². The Bertz CT molecular complexity index is 1330. The maximum atomic E-state index is 13.1. The maximum Gasteiger partial charge on any atom is 0.416 e. The molecule has 1 amide bonds. The van der Waals surface area contributed by atoms with E-state index >= 15 is 0 Å². The van der Waals surface area contributed by atoms with Gasteiger partial charge in [-0.1, -0.05) is 23.7 Å². The lowest BCUT2D eigenvalue weighted by Crippen LogP contribution is -2.30. The third-order valence-electron chi connectivity index (χ3n) is 6.05. The first-order valence-corrected chi connectivity index (χ1v) is 14.2. The summed E-state index contributed by atoms with van der Waals surface area (Å²) >= 11 is 6.96. The summed E-state index contributed by atoms with van der Waals surface area (Å²) in [6.07, 6.45) is -3.67. The smallest absolute Gasteiger partial charge is 0.347 e. The molecule has 4 rings (SSSR count). The van der Waals surface area contributed by atoms with Gasteiger partial charge in [0.2, 0.25) is 0 Å². The molecule has 1 aliphatic rings. The van der Waals surface area contributed by atoms with E-state index in [0.717, 1.165) is 33.9 Å². The summed E-state index contributed by atoms with van der Waals surface area (Å²) in [5.41, 5.74) is 0.502. The molecule has 12 heteroatoms. The molecular formula is C25H25ClF3N3O3S2. The third kappa shape index (κ3) is 7.11. The van der Waals surface area contributed by atoms with Gasteiger partial charge in [-0.2, -0.15) is 17.5 Å². The van der Waals surface area contributed by atoms with Crippen molar-refractivity contribution in [3.63, 3.8) is 0 Å². The number of carbonyl (C=O) groups is 1. The number of thiophene rings is 1. The second-order valence-corrected chi connectivity index (χ2v) is 12.5. The average Bonchev–Trinajstić information content (AvgIpc) is 3.54. The summed E-state index contributed by atoms with van der Waals surface area (Å²) in [5, 5.41) is 6.52. The zero-order valence-corrected chi connectivity index (χ0v) is 22.0. The summed E-state index contributed by atoms with van der Waals surface area (Å²) < 4.78 is 66.0. The normalized spacial score (nSPS) is 16.7. The lowest BCUT2D eigenvalue weighted by molar-refractivity contribution is -0.137. The highest BCUT2D eigenvalue weighted by Gasteiger charge is 2.33. The summed E-state index contributed by atoms with van der Waals surface area (Å²) in [6.45, 7) is 1.92. The Morgan fingerprint density at radius 1 is 1.03 bits per heavy atom. The second-order valence-electron chi connectivity index (χ2n) is 8.75. The molecule has 1 fully saturated rings. The summed E-state index contributed by atoms with van der Waals surface area (Å²) in [6, 6.07) is 14.7. The molecule has 0 aliphatic carbocycles. The molecule has 3 aromatic rings. The van der Waals surface area contributed by atoms with Crippen molar-refractivity contribution in [2.45, 2.75) is 29.9 Å². The number of hydrogen-bond donors (Lipinski definition) is 2. The van der Waals surface area contributed by atoms with Crippen LogP contribution in [0.5, 0.6) is 0 Å². The number of carbonyl (C=O) groups excluding carboxylic acids is 1. The highest BCUT2D eigenvalue weighted by atomic mass is 35.5. The van der Waals surface area contributed by atoms with Crippen LogP contribution in [-0.2, 0) is 29.3 Å². The Morgan fingerprint density at radius 2 is 1.73 bits per heavy atom. The lowest BCUT2D eigenvalue weighted by Gasteiger charge is -2.16. The average molecular weight is 572 g/mol. The number of nitrogens with zero attached hydrogens (tertiary/aromatic N) is 1. The fourth-order valence-electron chi connectivity index (χ4n) is 4.00. The number of nitrogens with one attached hydrogen (secondary N) is 2. The Hall–Kier alpha value is -2.44. The minimum Gasteiger partial charge on any atom is -0.347 e. The van der Waals surface area contributed by atoms with Gasteiger partial charge in [-0.05, 0) is 73.0 Å². The van der Waals surface area contributed by atoms with Crippen LogP contribution in [0, 0.1) is 5.92 Å². The molecule has 2 aromatic carbocycles. The van der Waals surface area contributed by atoms with Gasteiger partial charge in [0.05, 0.1) is 12.1 Å². The van der Waals surface area contributed by atoms with Gasteiger partial charge in [-0.25, -0.2) is 8.42 Å². The number of sulfonamides is 1. The first-order chi connectivity index (χ1) is 17.5. The van der Waals surface area contributed by atoms with Gasteiger partial charge < -0.3 is 10.6 Å². The molecule has 1 saturated heterocycles. The summed E-state index contributed by atoms with van der Waals surface area (Å²) in [5.74, 6) is -0.178. The SMILES string of the molecule is O=C(NCc1ccc(S(=O)(=O)N2CC[C@@H](CNCc3ccc(C(F)(F)F)cc3)C2)s1)c1ccc(Cl)cc1. The van der Waals surface area contributed by atoms with Gasteiger partial charge in [0, 0.05) is 35.1 Å². The van der Waals surface area contributed by atoms with E-state index in [1.54, 1.807) is 36.4 Å². The molecule has 1 aromatic heterocycles. The molecule has 0 unspecified atom stereocenters. The number of halogens is 4. The predicted molar refractivity (Wildman–Crippen MR) is 137 cm³/mol. The molecule has 2 heterocycles. The fourth-order valence-corrected chi connectivity index (χ4v) is 7.11. The molecular weight excluding hydrogens is 547 g/mol. The van der Waals surface area contributed by atoms with Gasteiger partial charge >= 0.3 is 6.18 Å². The molecule has 1 aliphatic heterocycles. The summed E-state index contributed by atoms with van der Waals surface area (Å²) in [7, 11) is -3.65. The minimum atomic E-state index is -4.36. The third-order valence-corrected chi connectivity index (χ3v) is 9.72. The molecule has 0 bridgehead atoms. The van der Waals surface area contributed by atoms with Gasteiger partial charge in [0.25, 0.3) is 15.9 Å². The van der Waals surface area contributed by atoms with Crippen LogP contribution in [0.15, 0.2) is 64.9 Å². The Morgan fingerprint density at radius 3 is 2.41 bits per heavy atom. The van der Waals surface area contributed by atoms with Crippen LogP contribution in [0.3, 0.4) is 0 Å². The van der Waals surface area contributed by atoms with Crippen LogP contribution in [0.1, 0.15) is 32.8 Å². The van der Waals surface area contributed by atoms with Crippen LogP contribution in [0.4, 0.5) is 13.2 Å². The van der Waals surface area contributed by atoms with Crippen molar-refractivity contribution in [1.82, 2.24) is 14.9 Å². The van der Waals surface area contributed by atoms with Crippen LogP contribution in [-0.4, -0.2) is 38.3 Å². The van der Waals surface area contributed by atoms with E-state index in [0.29, 0.717) is 43.2 Å². The van der Waals surface area contributed by atoms with E-state index in [2.05, 4.69) is 10.6 Å². The van der Waals surface area contributed by atoms with E-state index in [4.69, 9.17) is 11.6 Å². The van der Waals surface area contributed by atoms with Crippen LogP contribution < -0.4 is 10.6 Å². The Kier molecular flexibility index (Phi) is 8.59. The molecule has 198 valence electrons. The first kappa shape index (κ1) is 27.6. The second kappa shape index (κ2) is 11.5. The number of rotatable bonds is 9. The molecule has 37 heavy (non-hydrogen) atoms. The number of amides is 1. The van der Waals surface area contributed by atoms with Crippen molar-refractivity contribution in [2.24, 2.45) is 5.92 Å². The first-order valence-electron chi connectivity index (χ1n) is 11.5. The van der Waals surface area contributed by atoms with E-state index in [-0.39, 0.29) is 22.6 Å². The van der Waals surface area contributed by atoms with E-state index in [9.17, 15) is 26.4 Å². The number of alkyl halides is 3. The maximum absolute atomic E-state index is 13.1. The van der Waals surface area contributed by atoms with Crippen molar-refractivity contribution in [2.75, 3.05) is 19.6 Å². The quantitative estimate of drug-likeness (QED) is 0.372. The zero-order chi connectivity index (χ0) is 26.6. The largest absolute Gasteiger partial charge is 0.416 e. The van der Waals surface area contributed by atoms with Crippen molar-refractivity contribution in [3.8, 4) is 0 Å². The zero-order valence-electron chi connectivity index (χ0n) is 19.6. The Labute approximate surface area is 222 Å². The standard InChI is InChI=1S/C25H25ClF3N3O3S2/c26-21-7-3-19(4-8-21)24(33)31-15-22-9-10-23(36-22)37(34,35)32-12-11-18(16-32)14-30-13-17-1-5-20(6-2-17)25(27,28)29/h1-10,18,30H,11-16H2,(H,31,33)/t18-/m0/s1. The van der Waals surface area contributed by atoms with E-state index in [1.807, 2.05) is 0 Å². The Balaban J connectivity index is 1.25. The van der Waals surface area contributed by atoms with Crippen LogP contribution >= 0.6 is 22.9 Å².